The fourth-order valence-electron chi connectivity index (χ4n) is 2.96. The fourth-order valence-corrected chi connectivity index (χ4v) is 3.77. The highest BCUT2D eigenvalue weighted by Gasteiger charge is 2.34. The Morgan fingerprint density at radius 2 is 2.09 bits per heavy atom. The molecular weight excluding hydrogens is 312 g/mol. The first-order chi connectivity index (χ1) is 11.1. The third-order valence-electron chi connectivity index (χ3n) is 4.69. The van der Waals surface area contributed by atoms with E-state index < -0.39 is 5.60 Å². The predicted octanol–water partition coefficient (Wildman–Crippen LogP) is 0.713. The van der Waals surface area contributed by atoms with Crippen molar-refractivity contribution in [2.45, 2.75) is 38.2 Å². The quantitative estimate of drug-likeness (QED) is 0.622. The van der Waals surface area contributed by atoms with Crippen molar-refractivity contribution >= 4 is 22.6 Å². The maximum absolute atomic E-state index is 10.2. The lowest BCUT2D eigenvalue weighted by Gasteiger charge is -2.40. The van der Waals surface area contributed by atoms with Crippen LogP contribution in [0.5, 0.6) is 0 Å². The molecule has 2 heterocycles. The van der Waals surface area contributed by atoms with Gasteiger partial charge in [0.25, 0.3) is 0 Å². The van der Waals surface area contributed by atoms with E-state index in [4.69, 9.17) is 0 Å². The number of nitrogens with zero attached hydrogens (tertiary/aromatic N) is 5. The molecule has 128 valence electrons. The molecule has 0 amide bonds. The van der Waals surface area contributed by atoms with E-state index in [0.717, 1.165) is 68.8 Å². The molecule has 7 nitrogen and oxygen atoms in total. The first kappa shape index (κ1) is 16.4. The van der Waals surface area contributed by atoms with Gasteiger partial charge in [0.1, 0.15) is 5.82 Å². The fraction of sp³-hybridized carbons (Fsp3) is 0.800. The van der Waals surface area contributed by atoms with E-state index in [2.05, 4.69) is 36.4 Å². The Kier molecular flexibility index (Phi) is 5.01. The number of piperazine rings is 1. The van der Waals surface area contributed by atoms with E-state index in [9.17, 15) is 5.11 Å². The maximum Gasteiger partial charge on any atom is 0.205 e. The van der Waals surface area contributed by atoms with E-state index in [1.165, 1.54) is 11.5 Å². The molecule has 0 radical (unpaired) electrons. The van der Waals surface area contributed by atoms with E-state index in [1.807, 2.05) is 0 Å². The lowest BCUT2D eigenvalue weighted by atomic mass is 9.80. The number of rotatable bonds is 4. The van der Waals surface area contributed by atoms with Crippen LogP contribution in [-0.4, -0.2) is 70.7 Å². The summed E-state index contributed by atoms with van der Waals surface area (Å²) in [4.78, 5) is 13.5. The van der Waals surface area contributed by atoms with Crippen molar-refractivity contribution in [1.82, 2.24) is 19.6 Å². The van der Waals surface area contributed by atoms with Crippen LogP contribution in [0.2, 0.25) is 0 Å². The van der Waals surface area contributed by atoms with Crippen LogP contribution in [-0.2, 0) is 6.42 Å². The average Bonchev–Trinajstić information content (AvgIpc) is 3.03. The molecule has 0 aromatic carbocycles. The summed E-state index contributed by atoms with van der Waals surface area (Å²) in [5.74, 6) is 1.81. The van der Waals surface area contributed by atoms with Gasteiger partial charge in [-0.3, -0.25) is 4.99 Å². The lowest BCUT2D eigenvalue weighted by molar-refractivity contribution is -0.0283. The monoisotopic (exact) mass is 338 g/mol. The summed E-state index contributed by atoms with van der Waals surface area (Å²) < 4.78 is 4.36. The normalized spacial score (nSPS) is 21.3. The number of aromatic nitrogens is 2. The Labute approximate surface area is 141 Å². The van der Waals surface area contributed by atoms with Gasteiger partial charge in [0, 0.05) is 57.7 Å². The minimum absolute atomic E-state index is 0.527. The van der Waals surface area contributed by atoms with Crippen molar-refractivity contribution < 1.29 is 5.11 Å². The summed E-state index contributed by atoms with van der Waals surface area (Å²) in [6.45, 7) is 6.32. The summed E-state index contributed by atoms with van der Waals surface area (Å²) in [5.41, 5.74) is -0.527. The molecule has 1 saturated carbocycles. The molecule has 0 spiro atoms. The van der Waals surface area contributed by atoms with Crippen LogP contribution in [0.3, 0.4) is 0 Å². The van der Waals surface area contributed by atoms with Crippen LogP contribution in [0, 0.1) is 0 Å². The molecule has 1 aliphatic heterocycles. The molecule has 0 bridgehead atoms. The van der Waals surface area contributed by atoms with Crippen molar-refractivity contribution in [1.29, 1.82) is 0 Å². The lowest BCUT2D eigenvalue weighted by Crippen LogP contribution is -2.56. The largest absolute Gasteiger partial charge is 0.388 e. The second-order valence-corrected chi connectivity index (χ2v) is 7.03. The minimum Gasteiger partial charge on any atom is -0.388 e. The van der Waals surface area contributed by atoms with Crippen molar-refractivity contribution in [3.05, 3.63) is 5.82 Å². The Morgan fingerprint density at radius 3 is 2.61 bits per heavy atom. The van der Waals surface area contributed by atoms with E-state index in [-0.39, 0.29) is 0 Å². The van der Waals surface area contributed by atoms with Crippen LogP contribution >= 0.6 is 11.5 Å². The van der Waals surface area contributed by atoms with Crippen molar-refractivity contribution in [2.24, 2.45) is 4.99 Å². The van der Waals surface area contributed by atoms with E-state index in [1.54, 1.807) is 7.05 Å². The van der Waals surface area contributed by atoms with Gasteiger partial charge < -0.3 is 20.2 Å². The molecule has 2 aliphatic rings. The van der Waals surface area contributed by atoms with Gasteiger partial charge in [0.05, 0.1) is 5.60 Å². The summed E-state index contributed by atoms with van der Waals surface area (Å²) in [6, 6.07) is 0. The molecular formula is C15H26N6OS. The zero-order valence-corrected chi connectivity index (χ0v) is 14.8. The average molecular weight is 338 g/mol. The highest BCUT2D eigenvalue weighted by Crippen LogP contribution is 2.30. The third kappa shape index (κ3) is 3.74. The van der Waals surface area contributed by atoms with Crippen LogP contribution in [0.15, 0.2) is 4.99 Å². The topological polar surface area (TPSA) is 76.9 Å². The molecule has 0 atom stereocenters. The molecule has 1 saturated heterocycles. The number of hydrogen-bond donors (Lipinski definition) is 2. The van der Waals surface area contributed by atoms with Crippen LogP contribution in [0.1, 0.15) is 32.0 Å². The van der Waals surface area contributed by atoms with Crippen molar-refractivity contribution in [2.75, 3.05) is 44.7 Å². The van der Waals surface area contributed by atoms with Crippen LogP contribution in [0.4, 0.5) is 5.13 Å². The number of guanidine groups is 1. The molecule has 1 aromatic rings. The maximum atomic E-state index is 10.2. The van der Waals surface area contributed by atoms with Gasteiger partial charge in [-0.25, -0.2) is 4.98 Å². The Bertz CT molecular complexity index is 548. The third-order valence-corrected chi connectivity index (χ3v) is 5.51. The zero-order valence-electron chi connectivity index (χ0n) is 14.0. The minimum atomic E-state index is -0.527. The summed E-state index contributed by atoms with van der Waals surface area (Å²) in [6.07, 6.45) is 3.79. The summed E-state index contributed by atoms with van der Waals surface area (Å²) in [5, 5.41) is 14.6. The van der Waals surface area contributed by atoms with Gasteiger partial charge in [-0.15, -0.1) is 0 Å². The smallest absolute Gasteiger partial charge is 0.205 e. The van der Waals surface area contributed by atoms with Gasteiger partial charge >= 0.3 is 0 Å². The first-order valence-electron chi connectivity index (χ1n) is 8.39. The summed E-state index contributed by atoms with van der Waals surface area (Å²) >= 11 is 1.49. The van der Waals surface area contributed by atoms with E-state index >= 15 is 0 Å². The number of aliphatic hydroxyl groups is 1. The zero-order chi connectivity index (χ0) is 16.3. The predicted molar refractivity (Wildman–Crippen MR) is 93.2 cm³/mol. The Morgan fingerprint density at radius 1 is 1.35 bits per heavy atom. The van der Waals surface area contributed by atoms with Crippen molar-refractivity contribution in [3.8, 4) is 0 Å². The second-order valence-electron chi connectivity index (χ2n) is 6.30. The molecule has 2 fully saturated rings. The molecule has 1 aliphatic carbocycles. The van der Waals surface area contributed by atoms with Gasteiger partial charge in [0.15, 0.2) is 5.96 Å². The highest BCUT2D eigenvalue weighted by molar-refractivity contribution is 7.09. The van der Waals surface area contributed by atoms with Gasteiger partial charge in [0.2, 0.25) is 5.13 Å². The molecule has 23 heavy (non-hydrogen) atoms. The number of hydrogen-bond acceptors (Lipinski definition) is 6. The molecule has 2 N–H and O–H groups in total. The molecule has 1 aromatic heterocycles. The van der Waals surface area contributed by atoms with Gasteiger partial charge in [-0.2, -0.15) is 4.37 Å². The Balaban J connectivity index is 1.50. The molecule has 3 rings (SSSR count). The number of aliphatic imine (C=N–C) groups is 1. The standard InChI is InChI=1S/C15H26N6OS/c1-3-12-18-14(23-19-12)21-9-7-20(8-10-21)13(16-2)17-11-15(22)5-4-6-15/h22H,3-11H2,1-2H3,(H,16,17). The van der Waals surface area contributed by atoms with Crippen LogP contribution in [0.25, 0.3) is 0 Å². The van der Waals surface area contributed by atoms with Crippen molar-refractivity contribution in [3.63, 3.8) is 0 Å². The number of aryl methyl sites for hydroxylation is 1. The van der Waals surface area contributed by atoms with Gasteiger partial charge in [-0.1, -0.05) is 6.92 Å². The highest BCUT2D eigenvalue weighted by atomic mass is 32.1. The number of anilines is 1. The molecule has 0 unspecified atom stereocenters. The van der Waals surface area contributed by atoms with Crippen LogP contribution < -0.4 is 10.2 Å². The first-order valence-corrected chi connectivity index (χ1v) is 9.16. The van der Waals surface area contributed by atoms with E-state index in [0.29, 0.717) is 6.54 Å². The Hall–Kier alpha value is -1.41. The SMILES string of the molecule is CCc1nsc(N2CCN(C(=NC)NCC3(O)CCC3)CC2)n1. The second kappa shape index (κ2) is 7.00. The molecule has 8 heteroatoms. The van der Waals surface area contributed by atoms with Gasteiger partial charge in [-0.05, 0) is 19.3 Å². The number of nitrogens with one attached hydrogen (secondary N) is 1. The summed E-state index contributed by atoms with van der Waals surface area (Å²) in [7, 11) is 1.80.